The summed E-state index contributed by atoms with van der Waals surface area (Å²) >= 11 is 6.16. The highest BCUT2D eigenvalue weighted by Gasteiger charge is 2.14. The van der Waals surface area contributed by atoms with E-state index in [2.05, 4.69) is 22.1 Å². The smallest absolute Gasteiger partial charge is 0.255 e. The summed E-state index contributed by atoms with van der Waals surface area (Å²) in [5, 5.41) is 3.61. The van der Waals surface area contributed by atoms with Gasteiger partial charge in [0.25, 0.3) is 5.91 Å². The molecule has 1 heterocycles. The number of halogens is 1. The van der Waals surface area contributed by atoms with Crippen LogP contribution in [0.25, 0.3) is 0 Å². The fourth-order valence-corrected chi connectivity index (χ4v) is 2.11. The molecule has 0 saturated heterocycles. The summed E-state index contributed by atoms with van der Waals surface area (Å²) in [6.45, 7) is 4.55. The maximum Gasteiger partial charge on any atom is 0.255 e. The Labute approximate surface area is 132 Å². The third kappa shape index (κ3) is 5.89. The first-order valence-corrected chi connectivity index (χ1v) is 7.63. The number of hydrogen-bond donors (Lipinski definition) is 1. The van der Waals surface area contributed by atoms with Crippen LogP contribution in [0.5, 0.6) is 0 Å². The first-order chi connectivity index (χ1) is 9.95. The van der Waals surface area contributed by atoms with E-state index < -0.39 is 0 Å². The topological polar surface area (TPSA) is 48.5 Å². The van der Waals surface area contributed by atoms with Gasteiger partial charge < -0.3 is 15.1 Å². The molecule has 0 aliphatic carbocycles. The zero-order chi connectivity index (χ0) is 15.8. The van der Waals surface area contributed by atoms with Crippen molar-refractivity contribution in [1.82, 2.24) is 14.8 Å². The largest absolute Gasteiger partial charge is 0.369 e. The van der Waals surface area contributed by atoms with Gasteiger partial charge in [0, 0.05) is 26.3 Å². The Morgan fingerprint density at radius 2 is 2.05 bits per heavy atom. The molecule has 0 fully saturated rings. The Hall–Kier alpha value is -1.33. The summed E-state index contributed by atoms with van der Waals surface area (Å²) in [6, 6.07) is 1.68. The molecule has 0 aliphatic rings. The lowest BCUT2D eigenvalue weighted by molar-refractivity contribution is 0.0790. The molecule has 1 amide bonds. The number of pyridine rings is 1. The number of amides is 1. The number of anilines is 1. The molecule has 0 aliphatic heterocycles. The van der Waals surface area contributed by atoms with Crippen LogP contribution in [-0.4, -0.2) is 61.5 Å². The van der Waals surface area contributed by atoms with Gasteiger partial charge in [-0.05, 0) is 39.5 Å². The third-order valence-corrected chi connectivity index (χ3v) is 3.36. The minimum absolute atomic E-state index is 0.0507. The Balaban J connectivity index is 2.63. The highest BCUT2D eigenvalue weighted by atomic mass is 35.5. The molecular weight excluding hydrogens is 288 g/mol. The first-order valence-electron chi connectivity index (χ1n) is 7.25. The van der Waals surface area contributed by atoms with Gasteiger partial charge in [-0.25, -0.2) is 4.98 Å². The second-order valence-corrected chi connectivity index (χ2v) is 5.77. The van der Waals surface area contributed by atoms with Gasteiger partial charge in [-0.1, -0.05) is 18.5 Å². The van der Waals surface area contributed by atoms with E-state index in [-0.39, 0.29) is 5.91 Å². The van der Waals surface area contributed by atoms with Crippen molar-refractivity contribution in [3.63, 3.8) is 0 Å². The zero-order valence-corrected chi connectivity index (χ0v) is 14.1. The molecular formula is C15H25ClN4O. The number of aromatic nitrogens is 1. The lowest BCUT2D eigenvalue weighted by Crippen LogP contribution is -2.29. The van der Waals surface area contributed by atoms with Crippen LogP contribution in [0.4, 0.5) is 5.82 Å². The standard InChI is InChI=1S/C15H25ClN4O/c1-5-7-17-14-13(16)10-12(11-18-14)15(21)20(4)9-6-8-19(2)3/h10-11H,5-9H2,1-4H3,(H,17,18). The minimum Gasteiger partial charge on any atom is -0.369 e. The molecule has 0 aromatic carbocycles. The monoisotopic (exact) mass is 312 g/mol. The molecule has 1 aromatic rings. The maximum absolute atomic E-state index is 12.3. The second kappa shape index (κ2) is 8.85. The molecule has 0 spiro atoms. The highest BCUT2D eigenvalue weighted by molar-refractivity contribution is 6.33. The Kier molecular flexibility index (Phi) is 7.47. The van der Waals surface area contributed by atoms with Crippen molar-refractivity contribution in [3.05, 3.63) is 22.8 Å². The van der Waals surface area contributed by atoms with Gasteiger partial charge in [-0.2, -0.15) is 0 Å². The minimum atomic E-state index is -0.0507. The summed E-state index contributed by atoms with van der Waals surface area (Å²) in [6.07, 6.45) is 3.51. The van der Waals surface area contributed by atoms with Gasteiger partial charge in [-0.3, -0.25) is 4.79 Å². The van der Waals surface area contributed by atoms with Crippen molar-refractivity contribution < 1.29 is 4.79 Å². The van der Waals surface area contributed by atoms with Crippen LogP contribution >= 0.6 is 11.6 Å². The molecule has 21 heavy (non-hydrogen) atoms. The summed E-state index contributed by atoms with van der Waals surface area (Å²) in [4.78, 5) is 20.3. The lowest BCUT2D eigenvalue weighted by Gasteiger charge is -2.19. The lowest BCUT2D eigenvalue weighted by atomic mass is 10.2. The fraction of sp³-hybridized carbons (Fsp3) is 0.600. The molecule has 0 atom stereocenters. The molecule has 1 aromatic heterocycles. The van der Waals surface area contributed by atoms with Crippen LogP contribution in [0.1, 0.15) is 30.1 Å². The Morgan fingerprint density at radius 1 is 1.33 bits per heavy atom. The average Bonchev–Trinajstić information content (AvgIpc) is 2.44. The molecule has 0 unspecified atom stereocenters. The molecule has 1 N–H and O–H groups in total. The van der Waals surface area contributed by atoms with Crippen molar-refractivity contribution in [2.75, 3.05) is 46.1 Å². The van der Waals surface area contributed by atoms with Gasteiger partial charge in [0.05, 0.1) is 10.6 Å². The molecule has 0 saturated carbocycles. The quantitative estimate of drug-likeness (QED) is 0.801. The maximum atomic E-state index is 12.3. The number of carbonyl (C=O) groups is 1. The zero-order valence-electron chi connectivity index (χ0n) is 13.3. The van der Waals surface area contributed by atoms with E-state index in [1.807, 2.05) is 14.1 Å². The molecule has 6 heteroatoms. The van der Waals surface area contributed by atoms with Crippen molar-refractivity contribution in [3.8, 4) is 0 Å². The van der Waals surface area contributed by atoms with Crippen LogP contribution in [-0.2, 0) is 0 Å². The van der Waals surface area contributed by atoms with Crippen LogP contribution < -0.4 is 5.32 Å². The number of nitrogens with zero attached hydrogens (tertiary/aromatic N) is 3. The molecule has 1 rings (SSSR count). The van der Waals surface area contributed by atoms with E-state index >= 15 is 0 Å². The summed E-state index contributed by atoms with van der Waals surface area (Å²) in [5.41, 5.74) is 0.523. The van der Waals surface area contributed by atoms with Crippen molar-refractivity contribution in [1.29, 1.82) is 0 Å². The first kappa shape index (κ1) is 17.7. The van der Waals surface area contributed by atoms with Crippen LogP contribution in [0, 0.1) is 0 Å². The molecule has 0 bridgehead atoms. The highest BCUT2D eigenvalue weighted by Crippen LogP contribution is 2.20. The number of hydrogen-bond acceptors (Lipinski definition) is 4. The third-order valence-electron chi connectivity index (χ3n) is 3.08. The van der Waals surface area contributed by atoms with Crippen molar-refractivity contribution in [2.45, 2.75) is 19.8 Å². The molecule has 5 nitrogen and oxygen atoms in total. The van der Waals surface area contributed by atoms with E-state index in [4.69, 9.17) is 11.6 Å². The number of rotatable bonds is 8. The van der Waals surface area contributed by atoms with Gasteiger partial charge in [-0.15, -0.1) is 0 Å². The average molecular weight is 313 g/mol. The van der Waals surface area contributed by atoms with E-state index in [1.165, 1.54) is 0 Å². The molecule has 0 radical (unpaired) electrons. The van der Waals surface area contributed by atoms with Gasteiger partial charge in [0.15, 0.2) is 0 Å². The SMILES string of the molecule is CCCNc1ncc(C(=O)N(C)CCCN(C)C)cc1Cl. The number of carbonyl (C=O) groups excluding carboxylic acids is 1. The predicted molar refractivity (Wildman–Crippen MR) is 88.2 cm³/mol. The fourth-order valence-electron chi connectivity index (χ4n) is 1.87. The van der Waals surface area contributed by atoms with E-state index in [9.17, 15) is 4.79 Å². The normalized spacial score (nSPS) is 10.8. The van der Waals surface area contributed by atoms with Crippen molar-refractivity contribution >= 4 is 23.3 Å². The van der Waals surface area contributed by atoms with Gasteiger partial charge in [0.1, 0.15) is 5.82 Å². The van der Waals surface area contributed by atoms with Crippen LogP contribution in [0.3, 0.4) is 0 Å². The van der Waals surface area contributed by atoms with E-state index in [0.717, 1.165) is 25.9 Å². The number of nitrogens with one attached hydrogen (secondary N) is 1. The van der Waals surface area contributed by atoms with E-state index in [1.54, 1.807) is 24.2 Å². The second-order valence-electron chi connectivity index (χ2n) is 5.36. The van der Waals surface area contributed by atoms with Crippen LogP contribution in [0.2, 0.25) is 5.02 Å². The van der Waals surface area contributed by atoms with Crippen molar-refractivity contribution in [2.24, 2.45) is 0 Å². The Morgan fingerprint density at radius 3 is 2.62 bits per heavy atom. The summed E-state index contributed by atoms with van der Waals surface area (Å²) in [5.74, 6) is 0.579. The van der Waals surface area contributed by atoms with Crippen LogP contribution in [0.15, 0.2) is 12.3 Å². The van der Waals surface area contributed by atoms with Gasteiger partial charge >= 0.3 is 0 Å². The summed E-state index contributed by atoms with van der Waals surface area (Å²) in [7, 11) is 5.84. The Bertz CT molecular complexity index is 465. The summed E-state index contributed by atoms with van der Waals surface area (Å²) < 4.78 is 0. The van der Waals surface area contributed by atoms with E-state index in [0.29, 0.717) is 22.9 Å². The molecule has 118 valence electrons. The van der Waals surface area contributed by atoms with Gasteiger partial charge in [0.2, 0.25) is 0 Å². The predicted octanol–water partition coefficient (Wildman–Crippen LogP) is 2.58.